The van der Waals surface area contributed by atoms with Gasteiger partial charge in [-0.15, -0.1) is 0 Å². The molecule has 0 bridgehead atoms. The Balaban J connectivity index is 1.58. The lowest BCUT2D eigenvalue weighted by atomic mass is 10.2. The van der Waals surface area contributed by atoms with E-state index in [1.807, 2.05) is 13.0 Å². The minimum absolute atomic E-state index is 0.503. The summed E-state index contributed by atoms with van der Waals surface area (Å²) in [5.41, 5.74) is 3.33. The lowest BCUT2D eigenvalue weighted by Gasteiger charge is -2.04. The maximum absolute atomic E-state index is 5.35. The Bertz CT molecular complexity index is 713. The first-order valence-electron chi connectivity index (χ1n) is 6.90. The summed E-state index contributed by atoms with van der Waals surface area (Å²) in [5.74, 6) is 1.76. The van der Waals surface area contributed by atoms with Crippen LogP contribution >= 0.6 is 0 Å². The number of hydrogen-bond donors (Lipinski definition) is 1. The van der Waals surface area contributed by atoms with Gasteiger partial charge in [-0.3, -0.25) is 0 Å². The van der Waals surface area contributed by atoms with Gasteiger partial charge < -0.3 is 14.3 Å². The van der Waals surface area contributed by atoms with Crippen LogP contribution in [-0.2, 0) is 6.42 Å². The van der Waals surface area contributed by atoms with Crippen molar-refractivity contribution >= 4 is 5.69 Å². The molecule has 1 N–H and O–H groups in total. The smallest absolute Gasteiger partial charge is 0.238 e. The van der Waals surface area contributed by atoms with Gasteiger partial charge in [0, 0.05) is 18.7 Å². The molecule has 0 amide bonds. The van der Waals surface area contributed by atoms with Crippen LogP contribution in [0.25, 0.3) is 11.6 Å². The molecule has 0 atom stereocenters. The van der Waals surface area contributed by atoms with Gasteiger partial charge in [0.1, 0.15) is 0 Å². The van der Waals surface area contributed by atoms with Crippen molar-refractivity contribution in [3.63, 3.8) is 0 Å². The van der Waals surface area contributed by atoms with E-state index in [1.54, 1.807) is 6.26 Å². The van der Waals surface area contributed by atoms with Gasteiger partial charge in [0.25, 0.3) is 0 Å². The van der Waals surface area contributed by atoms with Crippen LogP contribution in [0.15, 0.2) is 45.5 Å². The Kier molecular flexibility index (Phi) is 3.73. The lowest BCUT2D eigenvalue weighted by Crippen LogP contribution is -2.04. The Hall–Kier alpha value is -2.56. The third-order valence-electron chi connectivity index (χ3n) is 3.25. The molecule has 5 nitrogen and oxygen atoms in total. The Morgan fingerprint density at radius 1 is 1.10 bits per heavy atom. The normalized spacial score (nSPS) is 10.8. The zero-order valence-electron chi connectivity index (χ0n) is 12.1. The molecule has 0 aliphatic carbocycles. The number of rotatable bonds is 5. The van der Waals surface area contributed by atoms with E-state index >= 15 is 0 Å². The van der Waals surface area contributed by atoms with Gasteiger partial charge in [-0.05, 0) is 37.6 Å². The highest BCUT2D eigenvalue weighted by Crippen LogP contribution is 2.21. The standard InChI is InChI=1S/C16H17N3O2/c1-11-3-5-13(6-4-11)17-9-7-14-18-16(19-21-14)15-12(2)8-10-20-15/h3-6,8,10,17H,7,9H2,1-2H3. The summed E-state index contributed by atoms with van der Waals surface area (Å²) in [7, 11) is 0. The summed E-state index contributed by atoms with van der Waals surface area (Å²) in [6, 6.07) is 10.1. The van der Waals surface area contributed by atoms with Crippen molar-refractivity contribution in [2.45, 2.75) is 20.3 Å². The molecular weight excluding hydrogens is 266 g/mol. The summed E-state index contributed by atoms with van der Waals surface area (Å²) in [5, 5.41) is 7.27. The highest BCUT2D eigenvalue weighted by Gasteiger charge is 2.13. The molecule has 5 heteroatoms. The third kappa shape index (κ3) is 3.13. The van der Waals surface area contributed by atoms with Crippen molar-refractivity contribution in [1.82, 2.24) is 10.1 Å². The fourth-order valence-electron chi connectivity index (χ4n) is 2.04. The van der Waals surface area contributed by atoms with Crippen LogP contribution in [0.1, 0.15) is 17.0 Å². The van der Waals surface area contributed by atoms with Crippen LogP contribution in [0.5, 0.6) is 0 Å². The van der Waals surface area contributed by atoms with Crippen molar-refractivity contribution in [2.24, 2.45) is 0 Å². The van der Waals surface area contributed by atoms with E-state index in [4.69, 9.17) is 8.94 Å². The molecule has 2 heterocycles. The fourth-order valence-corrected chi connectivity index (χ4v) is 2.04. The van der Waals surface area contributed by atoms with Crippen LogP contribution < -0.4 is 5.32 Å². The second-order valence-corrected chi connectivity index (χ2v) is 4.99. The second kappa shape index (κ2) is 5.83. The van der Waals surface area contributed by atoms with Gasteiger partial charge in [0.15, 0.2) is 5.76 Å². The van der Waals surface area contributed by atoms with E-state index in [-0.39, 0.29) is 0 Å². The Labute approximate surface area is 123 Å². The number of nitrogens with one attached hydrogen (secondary N) is 1. The number of furan rings is 1. The first-order chi connectivity index (χ1) is 10.2. The van der Waals surface area contributed by atoms with Crippen molar-refractivity contribution < 1.29 is 8.94 Å². The van der Waals surface area contributed by atoms with Crippen molar-refractivity contribution in [3.8, 4) is 11.6 Å². The quantitative estimate of drug-likeness (QED) is 0.775. The van der Waals surface area contributed by atoms with Crippen molar-refractivity contribution in [1.29, 1.82) is 0 Å². The van der Waals surface area contributed by atoms with Gasteiger partial charge in [-0.25, -0.2) is 0 Å². The van der Waals surface area contributed by atoms with Gasteiger partial charge in [-0.1, -0.05) is 22.9 Å². The molecule has 108 valence electrons. The lowest BCUT2D eigenvalue weighted by molar-refractivity contribution is 0.380. The van der Waals surface area contributed by atoms with Crippen LogP contribution in [0.2, 0.25) is 0 Å². The van der Waals surface area contributed by atoms with Crippen molar-refractivity contribution in [3.05, 3.63) is 53.6 Å². The summed E-state index contributed by atoms with van der Waals surface area (Å²) >= 11 is 0. The molecule has 0 fully saturated rings. The van der Waals surface area contributed by atoms with Crippen LogP contribution in [0.4, 0.5) is 5.69 Å². The monoisotopic (exact) mass is 283 g/mol. The molecule has 1 aromatic carbocycles. The van der Waals surface area contributed by atoms with Crippen molar-refractivity contribution in [2.75, 3.05) is 11.9 Å². The average Bonchev–Trinajstić information content (AvgIpc) is 3.10. The van der Waals surface area contributed by atoms with Crippen LogP contribution in [0.3, 0.4) is 0 Å². The molecule has 0 saturated carbocycles. The predicted molar refractivity (Wildman–Crippen MR) is 80.1 cm³/mol. The highest BCUT2D eigenvalue weighted by atomic mass is 16.5. The summed E-state index contributed by atoms with van der Waals surface area (Å²) in [6.07, 6.45) is 2.29. The largest absolute Gasteiger partial charge is 0.461 e. The molecule has 3 aromatic rings. The molecule has 0 spiro atoms. The molecule has 21 heavy (non-hydrogen) atoms. The molecule has 3 rings (SSSR count). The van der Waals surface area contributed by atoms with E-state index in [0.29, 0.717) is 23.9 Å². The van der Waals surface area contributed by atoms with E-state index < -0.39 is 0 Å². The van der Waals surface area contributed by atoms with Crippen LogP contribution in [0, 0.1) is 13.8 Å². The van der Waals surface area contributed by atoms with Gasteiger partial charge in [0.05, 0.1) is 6.26 Å². The molecule has 0 aliphatic heterocycles. The average molecular weight is 283 g/mol. The van der Waals surface area contributed by atoms with E-state index in [9.17, 15) is 0 Å². The molecule has 0 unspecified atom stereocenters. The Morgan fingerprint density at radius 2 is 1.90 bits per heavy atom. The highest BCUT2D eigenvalue weighted by molar-refractivity contribution is 5.51. The van der Waals surface area contributed by atoms with E-state index in [1.165, 1.54) is 5.56 Å². The topological polar surface area (TPSA) is 64.1 Å². The predicted octanol–water partition coefficient (Wildman–Crippen LogP) is 3.60. The van der Waals surface area contributed by atoms with Crippen LogP contribution in [-0.4, -0.2) is 16.7 Å². The number of benzene rings is 1. The second-order valence-electron chi connectivity index (χ2n) is 4.99. The maximum atomic E-state index is 5.35. The number of nitrogens with zero attached hydrogens (tertiary/aromatic N) is 2. The third-order valence-corrected chi connectivity index (χ3v) is 3.25. The van der Waals surface area contributed by atoms with E-state index in [0.717, 1.165) is 17.8 Å². The number of aryl methyl sites for hydroxylation is 2. The SMILES string of the molecule is Cc1ccc(NCCc2nc(-c3occc3C)no2)cc1. The minimum Gasteiger partial charge on any atom is -0.461 e. The fraction of sp³-hybridized carbons (Fsp3) is 0.250. The molecule has 0 radical (unpaired) electrons. The van der Waals surface area contributed by atoms with Gasteiger partial charge in [-0.2, -0.15) is 4.98 Å². The first-order valence-corrected chi connectivity index (χ1v) is 6.90. The number of hydrogen-bond acceptors (Lipinski definition) is 5. The zero-order valence-corrected chi connectivity index (χ0v) is 12.1. The minimum atomic E-state index is 0.503. The zero-order chi connectivity index (χ0) is 14.7. The molecule has 2 aromatic heterocycles. The molecular formula is C16H17N3O2. The van der Waals surface area contributed by atoms with Gasteiger partial charge in [0.2, 0.25) is 11.7 Å². The van der Waals surface area contributed by atoms with Gasteiger partial charge >= 0.3 is 0 Å². The number of anilines is 1. The Morgan fingerprint density at radius 3 is 2.62 bits per heavy atom. The maximum Gasteiger partial charge on any atom is 0.238 e. The first kappa shape index (κ1) is 13.4. The van der Waals surface area contributed by atoms with E-state index in [2.05, 4.69) is 46.6 Å². The molecule has 0 saturated heterocycles. The molecule has 0 aliphatic rings. The summed E-state index contributed by atoms with van der Waals surface area (Å²) in [6.45, 7) is 4.76. The summed E-state index contributed by atoms with van der Waals surface area (Å²) in [4.78, 5) is 4.35. The summed E-state index contributed by atoms with van der Waals surface area (Å²) < 4.78 is 10.6. The number of aromatic nitrogens is 2.